The molecule has 2 N–H and O–H groups in total. The summed E-state index contributed by atoms with van der Waals surface area (Å²) in [4.78, 5) is 11.2. The SMILES string of the molecule is Cc1c(Cl)cccc1NCC(=O)NCC#N. The number of halogens is 1. The molecule has 0 atom stereocenters. The van der Waals surface area contributed by atoms with Crippen molar-refractivity contribution in [2.24, 2.45) is 0 Å². The summed E-state index contributed by atoms with van der Waals surface area (Å²) in [6.45, 7) is 2.02. The van der Waals surface area contributed by atoms with Gasteiger partial charge in [-0.3, -0.25) is 4.79 Å². The molecule has 0 unspecified atom stereocenters. The molecule has 5 heteroatoms. The van der Waals surface area contributed by atoms with Crippen molar-refractivity contribution in [3.8, 4) is 6.07 Å². The van der Waals surface area contributed by atoms with Gasteiger partial charge in [-0.1, -0.05) is 17.7 Å². The number of nitriles is 1. The molecule has 0 saturated heterocycles. The van der Waals surface area contributed by atoms with Gasteiger partial charge in [0.1, 0.15) is 6.54 Å². The molecular weight excluding hydrogens is 226 g/mol. The molecule has 1 aromatic rings. The summed E-state index contributed by atoms with van der Waals surface area (Å²) in [5, 5.41) is 14.3. The van der Waals surface area contributed by atoms with Crippen molar-refractivity contribution in [3.05, 3.63) is 28.8 Å². The van der Waals surface area contributed by atoms with Gasteiger partial charge >= 0.3 is 0 Å². The number of nitrogens with one attached hydrogen (secondary N) is 2. The quantitative estimate of drug-likeness (QED) is 0.784. The third-order valence-electron chi connectivity index (χ3n) is 2.07. The Morgan fingerprint density at radius 2 is 2.31 bits per heavy atom. The number of amides is 1. The number of hydrogen-bond acceptors (Lipinski definition) is 3. The van der Waals surface area contributed by atoms with Crippen LogP contribution in [0.1, 0.15) is 5.56 Å². The average molecular weight is 238 g/mol. The van der Waals surface area contributed by atoms with Crippen molar-refractivity contribution in [2.45, 2.75) is 6.92 Å². The first kappa shape index (κ1) is 12.3. The Morgan fingerprint density at radius 1 is 1.56 bits per heavy atom. The molecule has 0 aliphatic heterocycles. The Bertz CT molecular complexity index is 426. The lowest BCUT2D eigenvalue weighted by Crippen LogP contribution is -2.30. The molecule has 1 rings (SSSR count). The number of nitrogens with zero attached hydrogens (tertiary/aromatic N) is 1. The van der Waals surface area contributed by atoms with E-state index in [0.29, 0.717) is 5.02 Å². The van der Waals surface area contributed by atoms with Crippen molar-refractivity contribution in [2.75, 3.05) is 18.4 Å². The maximum atomic E-state index is 11.2. The molecule has 0 bridgehead atoms. The lowest BCUT2D eigenvalue weighted by Gasteiger charge is -2.09. The highest BCUT2D eigenvalue weighted by molar-refractivity contribution is 6.31. The van der Waals surface area contributed by atoms with E-state index in [1.54, 1.807) is 6.07 Å². The third-order valence-corrected chi connectivity index (χ3v) is 2.48. The molecule has 16 heavy (non-hydrogen) atoms. The molecule has 0 heterocycles. The summed E-state index contributed by atoms with van der Waals surface area (Å²) >= 11 is 5.93. The van der Waals surface area contributed by atoms with E-state index in [2.05, 4.69) is 10.6 Å². The zero-order valence-electron chi connectivity index (χ0n) is 8.88. The monoisotopic (exact) mass is 237 g/mol. The van der Waals surface area contributed by atoms with E-state index in [1.807, 2.05) is 25.1 Å². The molecule has 1 aromatic carbocycles. The molecule has 0 spiro atoms. The van der Waals surface area contributed by atoms with Crippen LogP contribution in [0.15, 0.2) is 18.2 Å². The van der Waals surface area contributed by atoms with Gasteiger partial charge in [0, 0.05) is 10.7 Å². The smallest absolute Gasteiger partial charge is 0.240 e. The standard InChI is InChI=1S/C11H12ClN3O/c1-8-9(12)3-2-4-10(8)15-7-11(16)14-6-5-13/h2-4,15H,6-7H2,1H3,(H,14,16). The van der Waals surface area contributed by atoms with Crippen molar-refractivity contribution in [1.82, 2.24) is 5.32 Å². The molecule has 0 aliphatic carbocycles. The molecule has 4 nitrogen and oxygen atoms in total. The Hall–Kier alpha value is -1.73. The molecule has 0 aliphatic rings. The van der Waals surface area contributed by atoms with Crippen molar-refractivity contribution < 1.29 is 4.79 Å². The van der Waals surface area contributed by atoms with Crippen LogP contribution in [0.25, 0.3) is 0 Å². The van der Waals surface area contributed by atoms with Crippen LogP contribution >= 0.6 is 11.6 Å². The number of benzene rings is 1. The summed E-state index contributed by atoms with van der Waals surface area (Å²) in [6, 6.07) is 7.28. The number of carbonyl (C=O) groups is 1. The van der Waals surface area contributed by atoms with E-state index >= 15 is 0 Å². The molecule has 0 fully saturated rings. The Labute approximate surface area is 99.2 Å². The van der Waals surface area contributed by atoms with Crippen LogP contribution in [0.5, 0.6) is 0 Å². The molecule has 0 radical (unpaired) electrons. The van der Waals surface area contributed by atoms with Gasteiger partial charge in [-0.05, 0) is 24.6 Å². The fourth-order valence-corrected chi connectivity index (χ4v) is 1.35. The van der Waals surface area contributed by atoms with E-state index in [4.69, 9.17) is 16.9 Å². The maximum absolute atomic E-state index is 11.2. The van der Waals surface area contributed by atoms with Gasteiger partial charge in [0.15, 0.2) is 0 Å². The summed E-state index contributed by atoms with van der Waals surface area (Å²) in [5.41, 5.74) is 1.72. The largest absolute Gasteiger partial charge is 0.376 e. The van der Waals surface area contributed by atoms with E-state index in [1.165, 1.54) is 0 Å². The first-order chi connectivity index (χ1) is 7.65. The van der Waals surface area contributed by atoms with E-state index < -0.39 is 0 Å². The van der Waals surface area contributed by atoms with Gasteiger partial charge in [-0.15, -0.1) is 0 Å². The minimum absolute atomic E-state index is 0.0229. The van der Waals surface area contributed by atoms with Crippen LogP contribution in [0, 0.1) is 18.3 Å². The lowest BCUT2D eigenvalue weighted by molar-refractivity contribution is -0.119. The second kappa shape index (κ2) is 5.99. The number of hydrogen-bond donors (Lipinski definition) is 2. The zero-order chi connectivity index (χ0) is 12.0. The molecule has 1 amide bonds. The summed E-state index contributed by atoms with van der Waals surface area (Å²) in [6.07, 6.45) is 0. The Morgan fingerprint density at radius 3 is 3.00 bits per heavy atom. The van der Waals surface area contributed by atoms with Gasteiger partial charge < -0.3 is 10.6 Å². The Kier molecular flexibility index (Phi) is 4.62. The van der Waals surface area contributed by atoms with Crippen molar-refractivity contribution in [1.29, 1.82) is 5.26 Å². The first-order valence-corrected chi connectivity index (χ1v) is 5.15. The number of carbonyl (C=O) groups excluding carboxylic acids is 1. The first-order valence-electron chi connectivity index (χ1n) is 4.77. The van der Waals surface area contributed by atoms with E-state index in [-0.39, 0.29) is 19.0 Å². The maximum Gasteiger partial charge on any atom is 0.240 e. The summed E-state index contributed by atoms with van der Waals surface area (Å²) in [5.74, 6) is -0.221. The second-order valence-electron chi connectivity index (χ2n) is 3.20. The van der Waals surface area contributed by atoms with Crippen LogP contribution in [0.4, 0.5) is 5.69 Å². The van der Waals surface area contributed by atoms with Crippen LogP contribution in [0.3, 0.4) is 0 Å². The highest BCUT2D eigenvalue weighted by Crippen LogP contribution is 2.22. The molecule has 0 aromatic heterocycles. The third kappa shape index (κ3) is 3.44. The number of rotatable bonds is 4. The lowest BCUT2D eigenvalue weighted by atomic mass is 10.2. The fraction of sp³-hybridized carbons (Fsp3) is 0.273. The van der Waals surface area contributed by atoms with Crippen LogP contribution in [0.2, 0.25) is 5.02 Å². The summed E-state index contributed by atoms with van der Waals surface area (Å²) < 4.78 is 0. The van der Waals surface area contributed by atoms with Gasteiger partial charge in [-0.2, -0.15) is 5.26 Å². The van der Waals surface area contributed by atoms with Gasteiger partial charge in [0.2, 0.25) is 5.91 Å². The highest BCUT2D eigenvalue weighted by atomic mass is 35.5. The average Bonchev–Trinajstić information content (AvgIpc) is 2.28. The van der Waals surface area contributed by atoms with Gasteiger partial charge in [0.05, 0.1) is 12.6 Å². The normalized spacial score (nSPS) is 9.31. The molecule has 84 valence electrons. The second-order valence-corrected chi connectivity index (χ2v) is 3.61. The number of anilines is 1. The van der Waals surface area contributed by atoms with E-state index in [9.17, 15) is 4.79 Å². The minimum Gasteiger partial charge on any atom is -0.376 e. The highest BCUT2D eigenvalue weighted by Gasteiger charge is 2.03. The predicted molar refractivity (Wildman–Crippen MR) is 63.3 cm³/mol. The van der Waals surface area contributed by atoms with Crippen molar-refractivity contribution in [3.63, 3.8) is 0 Å². The van der Waals surface area contributed by atoms with Crippen LogP contribution < -0.4 is 10.6 Å². The van der Waals surface area contributed by atoms with Crippen molar-refractivity contribution >= 4 is 23.2 Å². The summed E-state index contributed by atoms with van der Waals surface area (Å²) in [7, 11) is 0. The molecule has 0 saturated carbocycles. The topological polar surface area (TPSA) is 64.9 Å². The molecular formula is C11H12ClN3O. The minimum atomic E-state index is -0.221. The fourth-order valence-electron chi connectivity index (χ4n) is 1.18. The van der Waals surface area contributed by atoms with E-state index in [0.717, 1.165) is 11.3 Å². The van der Waals surface area contributed by atoms with Gasteiger partial charge in [-0.25, -0.2) is 0 Å². The van der Waals surface area contributed by atoms with Gasteiger partial charge in [0.25, 0.3) is 0 Å². The zero-order valence-corrected chi connectivity index (χ0v) is 9.64. The Balaban J connectivity index is 2.52. The predicted octanol–water partition coefficient (Wildman–Crippen LogP) is 1.70. The van der Waals surface area contributed by atoms with Crippen LogP contribution in [-0.2, 0) is 4.79 Å². The van der Waals surface area contributed by atoms with Crippen LogP contribution in [-0.4, -0.2) is 19.0 Å².